The number of carbonyl (C=O) groups excluding carboxylic acids is 2. The maximum absolute atomic E-state index is 11.1. The van der Waals surface area contributed by atoms with E-state index in [0.29, 0.717) is 0 Å². The van der Waals surface area contributed by atoms with Crippen molar-refractivity contribution in [2.24, 2.45) is 0 Å². The van der Waals surface area contributed by atoms with Crippen LogP contribution < -0.4 is 0 Å². The van der Waals surface area contributed by atoms with Gasteiger partial charge in [0.15, 0.2) is 12.5 Å². The molecule has 5 heteroatoms. The summed E-state index contributed by atoms with van der Waals surface area (Å²) in [6, 6.07) is 7.31. The van der Waals surface area contributed by atoms with E-state index in [1.165, 1.54) is 0 Å². The lowest BCUT2D eigenvalue weighted by atomic mass is 10.2. The van der Waals surface area contributed by atoms with Gasteiger partial charge in [0.1, 0.15) is 0 Å². The fraction of sp³-hybridized carbons (Fsp3) is 0.333. The number of hydrogen-bond acceptors (Lipinski definition) is 3. The number of halogens is 2. The van der Waals surface area contributed by atoms with Gasteiger partial charge in [-0.05, 0) is 26.0 Å². The minimum atomic E-state index is -1.02. The molecule has 0 aromatic heterocycles. The zero-order valence-corrected chi connectivity index (χ0v) is 11.3. The van der Waals surface area contributed by atoms with Crippen LogP contribution in [-0.2, 0) is 9.53 Å². The van der Waals surface area contributed by atoms with Gasteiger partial charge in [-0.25, -0.2) is 9.18 Å². The van der Waals surface area contributed by atoms with E-state index in [4.69, 9.17) is 0 Å². The molecule has 0 heterocycles. The third kappa shape index (κ3) is 7.63. The van der Waals surface area contributed by atoms with Gasteiger partial charge in [-0.2, -0.15) is 0 Å². The highest BCUT2D eigenvalue weighted by atomic mass is 79.9. The van der Waals surface area contributed by atoms with Crippen LogP contribution in [0.1, 0.15) is 24.2 Å². The van der Waals surface area contributed by atoms with Crippen molar-refractivity contribution >= 4 is 27.7 Å². The number of ketones is 1. The summed E-state index contributed by atoms with van der Waals surface area (Å²) in [5.74, 6) is -0.685. The van der Waals surface area contributed by atoms with E-state index in [-0.39, 0.29) is 12.4 Å². The first-order valence-electron chi connectivity index (χ1n) is 4.99. The zero-order valence-electron chi connectivity index (χ0n) is 9.70. The van der Waals surface area contributed by atoms with Crippen LogP contribution in [0.2, 0.25) is 0 Å². The van der Waals surface area contributed by atoms with Gasteiger partial charge < -0.3 is 4.74 Å². The highest BCUT2D eigenvalue weighted by Crippen LogP contribution is 2.10. The van der Waals surface area contributed by atoms with Crippen molar-refractivity contribution in [2.75, 3.05) is 13.3 Å². The lowest BCUT2D eigenvalue weighted by molar-refractivity contribution is -0.144. The summed E-state index contributed by atoms with van der Waals surface area (Å²) in [6.45, 7) is 2.42. The minimum absolute atomic E-state index is 0.104. The molecule has 0 saturated heterocycles. The van der Waals surface area contributed by atoms with E-state index in [1.54, 1.807) is 26.0 Å². The average Bonchev–Trinajstić information content (AvgIpc) is 2.30. The number of benzene rings is 1. The molecule has 17 heavy (non-hydrogen) atoms. The molecule has 94 valence electrons. The van der Waals surface area contributed by atoms with E-state index in [2.05, 4.69) is 20.7 Å². The molecule has 1 aromatic carbocycles. The zero-order chi connectivity index (χ0) is 13.3. The van der Waals surface area contributed by atoms with Crippen LogP contribution in [0.3, 0.4) is 0 Å². The van der Waals surface area contributed by atoms with Gasteiger partial charge in [-0.1, -0.05) is 28.1 Å². The Balaban J connectivity index is 0.000000325. The number of hydrogen-bond donors (Lipinski definition) is 0. The lowest BCUT2D eigenvalue weighted by Crippen LogP contribution is -2.04. The monoisotopic (exact) mass is 304 g/mol. The van der Waals surface area contributed by atoms with Crippen LogP contribution in [0, 0.1) is 0 Å². The number of carbonyl (C=O) groups is 2. The Morgan fingerprint density at radius 1 is 1.29 bits per heavy atom. The summed E-state index contributed by atoms with van der Waals surface area (Å²) in [5.41, 5.74) is 0.753. The normalized spacial score (nSPS) is 8.94. The maximum Gasteiger partial charge on any atom is 0.337 e. The fourth-order valence-corrected chi connectivity index (χ4v) is 1.15. The Bertz CT molecular complexity index is 363. The molecule has 0 N–H and O–H groups in total. The molecule has 0 radical (unpaired) electrons. The SMILES string of the molecule is CC(=O)c1ccc(Br)cc1.CCOC(=O)CF. The molecule has 0 atom stereocenters. The van der Waals surface area contributed by atoms with Crippen molar-refractivity contribution < 1.29 is 18.7 Å². The Morgan fingerprint density at radius 3 is 2.12 bits per heavy atom. The number of esters is 1. The first-order chi connectivity index (χ1) is 8.01. The third-order valence-electron chi connectivity index (χ3n) is 1.67. The molecule has 0 aliphatic rings. The van der Waals surface area contributed by atoms with Gasteiger partial charge in [-0.3, -0.25) is 4.79 Å². The molecule has 3 nitrogen and oxygen atoms in total. The molecule has 0 amide bonds. The van der Waals surface area contributed by atoms with Crippen LogP contribution in [0.15, 0.2) is 28.7 Å². The van der Waals surface area contributed by atoms with Gasteiger partial charge in [0.25, 0.3) is 0 Å². The van der Waals surface area contributed by atoms with E-state index in [1.807, 2.05) is 12.1 Å². The molecule has 0 aliphatic carbocycles. The van der Waals surface area contributed by atoms with Crippen molar-refractivity contribution in [3.05, 3.63) is 34.3 Å². The maximum atomic E-state index is 11.1. The molecule has 1 aromatic rings. The summed E-state index contributed by atoms with van der Waals surface area (Å²) < 4.78 is 16.3. The van der Waals surface area contributed by atoms with Crippen molar-refractivity contribution in [3.8, 4) is 0 Å². The molecule has 1 rings (SSSR count). The first-order valence-corrected chi connectivity index (χ1v) is 5.78. The topological polar surface area (TPSA) is 43.4 Å². The number of ether oxygens (including phenoxy) is 1. The van der Waals surface area contributed by atoms with E-state index in [9.17, 15) is 14.0 Å². The summed E-state index contributed by atoms with van der Waals surface area (Å²) in [6.07, 6.45) is 0. The molecule has 0 bridgehead atoms. The standard InChI is InChI=1S/C8H7BrO.C4H7FO2/c1-6(10)7-2-4-8(9)5-3-7;1-2-7-4(6)3-5/h2-5H,1H3;2-3H2,1H3. The Morgan fingerprint density at radius 2 is 1.82 bits per heavy atom. The van der Waals surface area contributed by atoms with Crippen LogP contribution in [-0.4, -0.2) is 25.0 Å². The van der Waals surface area contributed by atoms with Crippen LogP contribution >= 0.6 is 15.9 Å². The summed E-state index contributed by atoms with van der Waals surface area (Å²) in [5, 5.41) is 0. The quantitative estimate of drug-likeness (QED) is 0.636. The van der Waals surface area contributed by atoms with E-state index in [0.717, 1.165) is 10.0 Å². The van der Waals surface area contributed by atoms with Crippen LogP contribution in [0.4, 0.5) is 4.39 Å². The van der Waals surface area contributed by atoms with Gasteiger partial charge in [-0.15, -0.1) is 0 Å². The van der Waals surface area contributed by atoms with Gasteiger partial charge in [0, 0.05) is 10.0 Å². The highest BCUT2D eigenvalue weighted by molar-refractivity contribution is 9.10. The third-order valence-corrected chi connectivity index (χ3v) is 2.19. The predicted octanol–water partition coefficient (Wildman–Crippen LogP) is 3.17. The largest absolute Gasteiger partial charge is 0.464 e. The fourth-order valence-electron chi connectivity index (χ4n) is 0.884. The summed E-state index contributed by atoms with van der Waals surface area (Å²) >= 11 is 3.28. The Kier molecular flexibility index (Phi) is 8.23. The van der Waals surface area contributed by atoms with Crippen molar-refractivity contribution in [2.45, 2.75) is 13.8 Å². The Hall–Kier alpha value is -1.23. The van der Waals surface area contributed by atoms with Crippen LogP contribution in [0.25, 0.3) is 0 Å². The number of alkyl halides is 1. The number of Topliss-reactive ketones (excluding diaryl/α,β-unsaturated/α-hetero) is 1. The van der Waals surface area contributed by atoms with Gasteiger partial charge in [0.05, 0.1) is 6.61 Å². The molecule has 0 spiro atoms. The molecular weight excluding hydrogens is 291 g/mol. The van der Waals surface area contributed by atoms with Crippen LogP contribution in [0.5, 0.6) is 0 Å². The second-order valence-electron chi connectivity index (χ2n) is 3.00. The second kappa shape index (κ2) is 8.87. The average molecular weight is 305 g/mol. The summed E-state index contributed by atoms with van der Waals surface area (Å²) in [4.78, 5) is 20.6. The lowest BCUT2D eigenvalue weighted by Gasteiger charge is -1.92. The van der Waals surface area contributed by atoms with Crippen molar-refractivity contribution in [1.29, 1.82) is 0 Å². The number of rotatable bonds is 3. The summed E-state index contributed by atoms with van der Waals surface area (Å²) in [7, 11) is 0. The minimum Gasteiger partial charge on any atom is -0.464 e. The highest BCUT2D eigenvalue weighted by Gasteiger charge is 1.96. The van der Waals surface area contributed by atoms with E-state index < -0.39 is 12.6 Å². The van der Waals surface area contributed by atoms with Gasteiger partial charge in [0.2, 0.25) is 0 Å². The van der Waals surface area contributed by atoms with E-state index >= 15 is 0 Å². The molecule has 0 saturated carbocycles. The van der Waals surface area contributed by atoms with Crippen molar-refractivity contribution in [3.63, 3.8) is 0 Å². The molecule has 0 unspecified atom stereocenters. The van der Waals surface area contributed by atoms with Crippen molar-refractivity contribution in [1.82, 2.24) is 0 Å². The Labute approximate surface area is 108 Å². The smallest absolute Gasteiger partial charge is 0.337 e. The van der Waals surface area contributed by atoms with Gasteiger partial charge >= 0.3 is 5.97 Å². The molecule has 0 fully saturated rings. The molecule has 0 aliphatic heterocycles. The predicted molar refractivity (Wildman–Crippen MR) is 66.8 cm³/mol. The second-order valence-corrected chi connectivity index (χ2v) is 3.92. The first kappa shape index (κ1) is 15.8. The molecular formula is C12H14BrFO3.